The molecule has 3 heterocycles. The van der Waals surface area contributed by atoms with Crippen molar-refractivity contribution in [2.45, 2.75) is 64.5 Å². The van der Waals surface area contributed by atoms with Crippen LogP contribution in [0.2, 0.25) is 0 Å². The molecule has 1 aliphatic carbocycles. The molecular formula is C20H27F2N9. The smallest absolute Gasteiger partial charge is 0.275 e. The highest BCUT2D eigenvalue weighted by atomic mass is 19.3. The molecule has 1 fully saturated rings. The zero-order valence-electron chi connectivity index (χ0n) is 18.1. The standard InChI is InChI=1S/C20H27F2N9/c1-5-23-17-14(20(4,21)22)12-24-18(28-17)27-16-11-15(29-30(16)13-7-6-8-13)19(2,3)31-25-9-10-26-31/h9-13H,5-8H2,1-4H3,(H2,23,24,27,28). The fraction of sp³-hybridized carbons (Fsp3) is 0.550. The summed E-state index contributed by atoms with van der Waals surface area (Å²) in [5.74, 6) is -1.99. The molecule has 1 aliphatic rings. The topological polar surface area (TPSA) is 98.4 Å². The van der Waals surface area contributed by atoms with Gasteiger partial charge in [-0.2, -0.15) is 25.1 Å². The molecular weight excluding hydrogens is 404 g/mol. The molecule has 0 aliphatic heterocycles. The van der Waals surface area contributed by atoms with Gasteiger partial charge in [-0.25, -0.2) is 18.4 Å². The van der Waals surface area contributed by atoms with E-state index in [4.69, 9.17) is 5.10 Å². The van der Waals surface area contributed by atoms with E-state index in [-0.39, 0.29) is 23.4 Å². The van der Waals surface area contributed by atoms with Gasteiger partial charge >= 0.3 is 0 Å². The predicted molar refractivity (Wildman–Crippen MR) is 113 cm³/mol. The van der Waals surface area contributed by atoms with Gasteiger partial charge < -0.3 is 10.6 Å². The van der Waals surface area contributed by atoms with Crippen molar-refractivity contribution in [1.29, 1.82) is 0 Å². The van der Waals surface area contributed by atoms with Gasteiger partial charge in [0.2, 0.25) is 5.95 Å². The molecule has 0 saturated heterocycles. The molecule has 0 atom stereocenters. The molecule has 166 valence electrons. The molecule has 0 spiro atoms. The van der Waals surface area contributed by atoms with Crippen LogP contribution in [0.4, 0.5) is 26.4 Å². The van der Waals surface area contributed by atoms with Crippen molar-refractivity contribution in [3.8, 4) is 0 Å². The molecule has 9 nitrogen and oxygen atoms in total. The van der Waals surface area contributed by atoms with Crippen molar-refractivity contribution in [3.05, 3.63) is 35.9 Å². The number of anilines is 3. The van der Waals surface area contributed by atoms with Gasteiger partial charge in [0, 0.05) is 25.7 Å². The summed E-state index contributed by atoms with van der Waals surface area (Å²) in [5.41, 5.74) is -0.0283. The van der Waals surface area contributed by atoms with Crippen molar-refractivity contribution in [2.24, 2.45) is 0 Å². The fourth-order valence-electron chi connectivity index (χ4n) is 3.48. The maximum atomic E-state index is 13.9. The van der Waals surface area contributed by atoms with Crippen LogP contribution >= 0.6 is 0 Å². The van der Waals surface area contributed by atoms with Gasteiger partial charge in [-0.15, -0.1) is 0 Å². The van der Waals surface area contributed by atoms with Gasteiger partial charge in [0.05, 0.1) is 29.7 Å². The van der Waals surface area contributed by atoms with E-state index in [1.807, 2.05) is 31.5 Å². The summed E-state index contributed by atoms with van der Waals surface area (Å²) < 4.78 is 29.8. The second-order valence-corrected chi connectivity index (χ2v) is 8.32. The number of nitrogens with zero attached hydrogens (tertiary/aromatic N) is 7. The highest BCUT2D eigenvalue weighted by Crippen LogP contribution is 2.37. The lowest BCUT2D eigenvalue weighted by molar-refractivity contribution is 0.0176. The average molecular weight is 431 g/mol. The lowest BCUT2D eigenvalue weighted by atomic mass is 9.93. The Morgan fingerprint density at radius 2 is 1.87 bits per heavy atom. The molecule has 11 heteroatoms. The first kappa shape index (κ1) is 21.1. The summed E-state index contributed by atoms with van der Waals surface area (Å²) in [7, 11) is 0. The fourth-order valence-corrected chi connectivity index (χ4v) is 3.48. The normalized spacial score (nSPS) is 15.0. The van der Waals surface area contributed by atoms with E-state index in [0.29, 0.717) is 12.4 Å². The highest BCUT2D eigenvalue weighted by Gasteiger charge is 2.33. The summed E-state index contributed by atoms with van der Waals surface area (Å²) in [6.45, 7) is 7.11. The monoisotopic (exact) mass is 431 g/mol. The molecule has 0 radical (unpaired) electrons. The molecule has 4 rings (SSSR count). The first-order valence-corrected chi connectivity index (χ1v) is 10.4. The molecule has 0 aromatic carbocycles. The zero-order chi connectivity index (χ0) is 22.2. The van der Waals surface area contributed by atoms with Crippen LogP contribution < -0.4 is 10.6 Å². The Morgan fingerprint density at radius 3 is 2.45 bits per heavy atom. The van der Waals surface area contributed by atoms with Crippen LogP contribution in [0.5, 0.6) is 0 Å². The zero-order valence-corrected chi connectivity index (χ0v) is 18.1. The first-order valence-electron chi connectivity index (χ1n) is 10.4. The molecule has 31 heavy (non-hydrogen) atoms. The van der Waals surface area contributed by atoms with Crippen LogP contribution in [0.3, 0.4) is 0 Å². The Bertz CT molecular complexity index is 1030. The van der Waals surface area contributed by atoms with Crippen LogP contribution in [0, 0.1) is 0 Å². The van der Waals surface area contributed by atoms with Crippen LogP contribution in [0.15, 0.2) is 24.7 Å². The van der Waals surface area contributed by atoms with Crippen LogP contribution in [0.1, 0.15) is 64.3 Å². The molecule has 0 amide bonds. The third kappa shape index (κ3) is 4.08. The SMILES string of the molecule is CCNc1nc(Nc2cc(C(C)(C)n3nccn3)nn2C2CCC2)ncc1C(C)(F)F. The maximum absolute atomic E-state index is 13.9. The van der Waals surface area contributed by atoms with E-state index in [2.05, 4.69) is 30.8 Å². The van der Waals surface area contributed by atoms with Crippen LogP contribution in [-0.2, 0) is 11.5 Å². The molecule has 1 saturated carbocycles. The Hall–Kier alpha value is -3.11. The second kappa shape index (κ2) is 7.86. The second-order valence-electron chi connectivity index (χ2n) is 8.32. The van der Waals surface area contributed by atoms with Crippen LogP contribution in [-0.4, -0.2) is 41.3 Å². The Labute approximate surface area is 179 Å². The van der Waals surface area contributed by atoms with Gasteiger partial charge in [0.1, 0.15) is 17.2 Å². The van der Waals surface area contributed by atoms with Gasteiger partial charge in [0.25, 0.3) is 5.92 Å². The lowest BCUT2D eigenvalue weighted by Crippen LogP contribution is -2.31. The molecule has 3 aromatic heterocycles. The third-order valence-electron chi connectivity index (χ3n) is 5.55. The molecule has 0 bridgehead atoms. The first-order chi connectivity index (χ1) is 14.7. The number of halogens is 2. The number of aromatic nitrogens is 7. The van der Waals surface area contributed by atoms with Crippen molar-refractivity contribution in [1.82, 2.24) is 34.7 Å². The Balaban J connectivity index is 1.69. The lowest BCUT2D eigenvalue weighted by Gasteiger charge is -2.28. The van der Waals surface area contributed by atoms with E-state index < -0.39 is 11.5 Å². The number of hydrogen-bond donors (Lipinski definition) is 2. The maximum Gasteiger partial charge on any atom is 0.275 e. The summed E-state index contributed by atoms with van der Waals surface area (Å²) in [4.78, 5) is 10.1. The van der Waals surface area contributed by atoms with Gasteiger partial charge in [-0.3, -0.25) is 0 Å². The largest absolute Gasteiger partial charge is 0.370 e. The average Bonchev–Trinajstić information content (AvgIpc) is 3.31. The minimum absolute atomic E-state index is 0.114. The molecule has 2 N–H and O–H groups in total. The van der Waals surface area contributed by atoms with Crippen LogP contribution in [0.25, 0.3) is 0 Å². The van der Waals surface area contributed by atoms with Gasteiger partial charge in [0.15, 0.2) is 0 Å². The molecule has 0 unspecified atom stereocenters. The number of rotatable bonds is 8. The summed E-state index contributed by atoms with van der Waals surface area (Å²) in [6, 6.07) is 2.19. The van der Waals surface area contributed by atoms with Crippen molar-refractivity contribution >= 4 is 17.6 Å². The predicted octanol–water partition coefficient (Wildman–Crippen LogP) is 4.06. The van der Waals surface area contributed by atoms with E-state index in [0.717, 1.165) is 38.1 Å². The van der Waals surface area contributed by atoms with Gasteiger partial charge in [-0.05, 0) is 40.0 Å². The summed E-state index contributed by atoms with van der Waals surface area (Å²) in [5, 5.41) is 19.4. The minimum Gasteiger partial charge on any atom is -0.370 e. The minimum atomic E-state index is -3.04. The van der Waals surface area contributed by atoms with E-state index >= 15 is 0 Å². The number of alkyl halides is 2. The van der Waals surface area contributed by atoms with E-state index in [1.54, 1.807) is 17.2 Å². The quantitative estimate of drug-likeness (QED) is 0.555. The number of hydrogen-bond acceptors (Lipinski definition) is 7. The van der Waals surface area contributed by atoms with E-state index in [9.17, 15) is 8.78 Å². The van der Waals surface area contributed by atoms with E-state index in [1.165, 1.54) is 0 Å². The Kier molecular flexibility index (Phi) is 5.36. The highest BCUT2D eigenvalue weighted by molar-refractivity contribution is 5.55. The van der Waals surface area contributed by atoms with Gasteiger partial charge in [-0.1, -0.05) is 0 Å². The summed E-state index contributed by atoms with van der Waals surface area (Å²) in [6.07, 6.45) is 7.62. The number of nitrogens with one attached hydrogen (secondary N) is 2. The third-order valence-corrected chi connectivity index (χ3v) is 5.55. The summed E-state index contributed by atoms with van der Waals surface area (Å²) >= 11 is 0. The van der Waals surface area contributed by atoms with Crippen molar-refractivity contribution in [3.63, 3.8) is 0 Å². The van der Waals surface area contributed by atoms with Crippen molar-refractivity contribution < 1.29 is 8.78 Å². The Morgan fingerprint density at radius 1 is 1.16 bits per heavy atom. The van der Waals surface area contributed by atoms with Crippen molar-refractivity contribution in [2.75, 3.05) is 17.2 Å². The molecule has 3 aromatic rings.